The molecule has 0 saturated carbocycles. The number of hydrogen-bond acceptors (Lipinski definition) is 4. The maximum Gasteiger partial charge on any atom is 0.0992 e. The van der Waals surface area contributed by atoms with E-state index in [2.05, 4.69) is 6.07 Å². The van der Waals surface area contributed by atoms with Gasteiger partial charge in [0, 0.05) is 24.8 Å². The van der Waals surface area contributed by atoms with Crippen molar-refractivity contribution in [2.75, 3.05) is 18.5 Å². The molecule has 1 aromatic carbocycles. The Morgan fingerprint density at radius 2 is 2.00 bits per heavy atom. The molecule has 0 bridgehead atoms. The predicted molar refractivity (Wildman–Crippen MR) is 66.7 cm³/mol. The number of anilines is 1. The molecule has 0 amide bonds. The van der Waals surface area contributed by atoms with Gasteiger partial charge in [-0.05, 0) is 26.0 Å². The maximum absolute atomic E-state index is 9.68. The number of rotatable bonds is 4. The van der Waals surface area contributed by atoms with Crippen LogP contribution in [0.2, 0.25) is 0 Å². The van der Waals surface area contributed by atoms with Crippen LogP contribution in [-0.2, 0) is 0 Å². The quantitative estimate of drug-likeness (QED) is 0.827. The highest BCUT2D eigenvalue weighted by molar-refractivity contribution is 5.58. The van der Waals surface area contributed by atoms with Crippen LogP contribution >= 0.6 is 0 Å². The molecule has 2 atom stereocenters. The van der Waals surface area contributed by atoms with Gasteiger partial charge in [-0.15, -0.1) is 0 Å². The van der Waals surface area contributed by atoms with Gasteiger partial charge in [0.1, 0.15) is 0 Å². The van der Waals surface area contributed by atoms with E-state index in [1.165, 1.54) is 0 Å². The van der Waals surface area contributed by atoms with E-state index in [-0.39, 0.29) is 0 Å². The fourth-order valence-corrected chi connectivity index (χ4v) is 1.79. The summed E-state index contributed by atoms with van der Waals surface area (Å²) in [5.74, 6) is 0. The zero-order valence-electron chi connectivity index (χ0n) is 10.4. The molecule has 0 aliphatic heterocycles. The first kappa shape index (κ1) is 13.5. The van der Waals surface area contributed by atoms with E-state index < -0.39 is 12.2 Å². The SMILES string of the molecule is CC(O)CN(C)c1cc(C#N)ccc1C(C)O. The normalized spacial score (nSPS) is 13.9. The van der Waals surface area contributed by atoms with Crippen molar-refractivity contribution < 1.29 is 10.2 Å². The fourth-order valence-electron chi connectivity index (χ4n) is 1.79. The van der Waals surface area contributed by atoms with E-state index in [0.717, 1.165) is 11.3 Å². The topological polar surface area (TPSA) is 67.5 Å². The molecule has 1 rings (SSSR count). The Labute approximate surface area is 102 Å². The lowest BCUT2D eigenvalue weighted by molar-refractivity contribution is 0.195. The Bertz CT molecular complexity index is 422. The third-order valence-electron chi connectivity index (χ3n) is 2.56. The van der Waals surface area contributed by atoms with Crippen LogP contribution in [0.25, 0.3) is 0 Å². The minimum Gasteiger partial charge on any atom is -0.392 e. The van der Waals surface area contributed by atoms with E-state index in [1.54, 1.807) is 32.0 Å². The molecule has 92 valence electrons. The predicted octanol–water partition coefficient (Wildman–Crippen LogP) is 1.43. The second-order valence-electron chi connectivity index (χ2n) is 4.29. The van der Waals surface area contributed by atoms with Gasteiger partial charge in [-0.25, -0.2) is 0 Å². The molecule has 2 N–H and O–H groups in total. The van der Waals surface area contributed by atoms with Crippen LogP contribution in [0.5, 0.6) is 0 Å². The van der Waals surface area contributed by atoms with Crippen molar-refractivity contribution in [3.63, 3.8) is 0 Å². The van der Waals surface area contributed by atoms with Gasteiger partial charge in [-0.2, -0.15) is 5.26 Å². The molecule has 0 spiro atoms. The number of likely N-dealkylation sites (N-methyl/N-ethyl adjacent to an activating group) is 1. The molecule has 17 heavy (non-hydrogen) atoms. The number of aliphatic hydroxyl groups excluding tert-OH is 2. The van der Waals surface area contributed by atoms with Crippen molar-refractivity contribution in [1.29, 1.82) is 5.26 Å². The van der Waals surface area contributed by atoms with Gasteiger partial charge in [0.25, 0.3) is 0 Å². The van der Waals surface area contributed by atoms with Crippen LogP contribution in [0.3, 0.4) is 0 Å². The third-order valence-corrected chi connectivity index (χ3v) is 2.56. The standard InChI is InChI=1S/C13H18N2O2/c1-9(16)8-15(3)13-6-11(7-14)4-5-12(13)10(2)17/h4-6,9-10,16-17H,8H2,1-3H3. The van der Waals surface area contributed by atoms with E-state index in [0.29, 0.717) is 12.1 Å². The number of nitrogens with zero attached hydrogens (tertiary/aromatic N) is 2. The molecular weight excluding hydrogens is 216 g/mol. The van der Waals surface area contributed by atoms with E-state index in [1.807, 2.05) is 11.9 Å². The maximum atomic E-state index is 9.68. The minimum atomic E-state index is -0.603. The van der Waals surface area contributed by atoms with Gasteiger partial charge >= 0.3 is 0 Å². The molecule has 4 heteroatoms. The molecule has 2 unspecified atom stereocenters. The van der Waals surface area contributed by atoms with Gasteiger partial charge in [-0.3, -0.25) is 0 Å². The molecule has 0 saturated heterocycles. The molecule has 0 fully saturated rings. The van der Waals surface area contributed by atoms with E-state index in [4.69, 9.17) is 5.26 Å². The summed E-state index contributed by atoms with van der Waals surface area (Å²) in [6.45, 7) is 3.84. The van der Waals surface area contributed by atoms with E-state index >= 15 is 0 Å². The van der Waals surface area contributed by atoms with Gasteiger partial charge in [0.15, 0.2) is 0 Å². The summed E-state index contributed by atoms with van der Waals surface area (Å²) < 4.78 is 0. The second-order valence-corrected chi connectivity index (χ2v) is 4.29. The summed E-state index contributed by atoms with van der Waals surface area (Å²) in [6.07, 6.45) is -1.07. The largest absolute Gasteiger partial charge is 0.392 e. The Morgan fingerprint density at radius 3 is 2.47 bits per heavy atom. The molecule has 1 aromatic rings. The lowest BCUT2D eigenvalue weighted by Crippen LogP contribution is -2.28. The highest BCUT2D eigenvalue weighted by Crippen LogP contribution is 2.26. The van der Waals surface area contributed by atoms with Crippen LogP contribution in [0.1, 0.15) is 31.1 Å². The number of benzene rings is 1. The molecule has 0 aliphatic carbocycles. The van der Waals surface area contributed by atoms with Gasteiger partial charge < -0.3 is 15.1 Å². The molecule has 0 heterocycles. The summed E-state index contributed by atoms with van der Waals surface area (Å²) in [5, 5.41) is 27.9. The Morgan fingerprint density at radius 1 is 1.35 bits per heavy atom. The van der Waals surface area contributed by atoms with Crippen LogP contribution in [-0.4, -0.2) is 29.9 Å². The van der Waals surface area contributed by atoms with E-state index in [9.17, 15) is 10.2 Å². The van der Waals surface area contributed by atoms with Crippen molar-refractivity contribution in [1.82, 2.24) is 0 Å². The lowest BCUT2D eigenvalue weighted by atomic mass is 10.0. The van der Waals surface area contributed by atoms with Crippen LogP contribution < -0.4 is 4.90 Å². The second kappa shape index (κ2) is 5.67. The number of aliphatic hydroxyl groups is 2. The summed E-state index contributed by atoms with van der Waals surface area (Å²) in [5.41, 5.74) is 2.08. The lowest BCUT2D eigenvalue weighted by Gasteiger charge is -2.25. The molecular formula is C13H18N2O2. The van der Waals surface area contributed by atoms with Gasteiger partial charge in [0.2, 0.25) is 0 Å². The van der Waals surface area contributed by atoms with Crippen LogP contribution in [0.4, 0.5) is 5.69 Å². The summed E-state index contributed by atoms with van der Waals surface area (Å²) in [7, 11) is 1.83. The number of nitriles is 1. The Hall–Kier alpha value is -1.57. The molecule has 0 aliphatic rings. The third kappa shape index (κ3) is 3.45. The van der Waals surface area contributed by atoms with Crippen molar-refractivity contribution >= 4 is 5.69 Å². The monoisotopic (exact) mass is 234 g/mol. The first-order valence-corrected chi connectivity index (χ1v) is 5.57. The molecule has 4 nitrogen and oxygen atoms in total. The first-order valence-electron chi connectivity index (χ1n) is 5.57. The summed E-state index contributed by atoms with van der Waals surface area (Å²) in [4.78, 5) is 1.84. The van der Waals surface area contributed by atoms with Crippen molar-refractivity contribution in [3.8, 4) is 6.07 Å². The van der Waals surface area contributed by atoms with Gasteiger partial charge in [-0.1, -0.05) is 6.07 Å². The summed E-state index contributed by atoms with van der Waals surface area (Å²) in [6, 6.07) is 7.23. The van der Waals surface area contributed by atoms with Crippen molar-refractivity contribution in [3.05, 3.63) is 29.3 Å². The highest BCUT2D eigenvalue weighted by Gasteiger charge is 2.13. The van der Waals surface area contributed by atoms with Crippen molar-refractivity contribution in [2.45, 2.75) is 26.1 Å². The smallest absolute Gasteiger partial charge is 0.0992 e. The molecule has 0 aromatic heterocycles. The van der Waals surface area contributed by atoms with Gasteiger partial charge in [0.05, 0.1) is 23.8 Å². The average Bonchev–Trinajstić information content (AvgIpc) is 2.27. The fraction of sp³-hybridized carbons (Fsp3) is 0.462. The number of hydrogen-bond donors (Lipinski definition) is 2. The zero-order chi connectivity index (χ0) is 13.0. The Kier molecular flexibility index (Phi) is 4.50. The summed E-state index contributed by atoms with van der Waals surface area (Å²) >= 11 is 0. The Balaban J connectivity index is 3.13. The first-order chi connectivity index (χ1) is 7.95. The van der Waals surface area contributed by atoms with Crippen LogP contribution in [0, 0.1) is 11.3 Å². The van der Waals surface area contributed by atoms with Crippen molar-refractivity contribution in [2.24, 2.45) is 0 Å². The average molecular weight is 234 g/mol. The minimum absolute atomic E-state index is 0.453. The zero-order valence-corrected chi connectivity index (χ0v) is 10.4. The van der Waals surface area contributed by atoms with Crippen LogP contribution in [0.15, 0.2) is 18.2 Å². The highest BCUT2D eigenvalue weighted by atomic mass is 16.3. The molecule has 0 radical (unpaired) electrons.